The molecule has 0 saturated heterocycles. The summed E-state index contributed by atoms with van der Waals surface area (Å²) in [7, 11) is 0. The van der Waals surface area contributed by atoms with E-state index in [-0.39, 0.29) is 5.78 Å². The van der Waals surface area contributed by atoms with E-state index in [1.165, 1.54) is 11.3 Å². The Balaban J connectivity index is 1.93. The van der Waals surface area contributed by atoms with Crippen LogP contribution >= 0.6 is 27.3 Å². The first kappa shape index (κ1) is 13.6. The summed E-state index contributed by atoms with van der Waals surface area (Å²) in [4.78, 5) is 13.2. The Bertz CT molecular complexity index is 650. The molecule has 0 spiro atoms. The number of hydrogen-bond donors (Lipinski definition) is 0. The lowest BCUT2D eigenvalue weighted by atomic mass is 10.1. The van der Waals surface area contributed by atoms with E-state index >= 15 is 0 Å². The molecule has 2 aromatic rings. The van der Waals surface area contributed by atoms with E-state index < -0.39 is 0 Å². The summed E-state index contributed by atoms with van der Waals surface area (Å²) in [5, 5.41) is 1.89. The predicted octanol–water partition coefficient (Wildman–Crippen LogP) is 4.15. The van der Waals surface area contributed by atoms with Gasteiger partial charge in [0.1, 0.15) is 0 Å². The molecule has 0 fully saturated rings. The molecule has 0 radical (unpaired) electrons. The Kier molecular flexibility index (Phi) is 3.81. The molecule has 0 bridgehead atoms. The van der Waals surface area contributed by atoms with E-state index in [4.69, 9.17) is 9.47 Å². The molecule has 3 nitrogen and oxygen atoms in total. The number of benzene rings is 1. The zero-order chi connectivity index (χ0) is 14.1. The minimum atomic E-state index is -0.00410. The Hall–Kier alpha value is -1.33. The SMILES string of the molecule is CC1COc2ccc(C(=O)c3sccc3Br)cc2OC1. The highest BCUT2D eigenvalue weighted by Crippen LogP contribution is 2.33. The van der Waals surface area contributed by atoms with E-state index in [1.807, 2.05) is 17.5 Å². The summed E-state index contributed by atoms with van der Waals surface area (Å²) in [6.45, 7) is 3.31. The van der Waals surface area contributed by atoms with Crippen LogP contribution in [-0.4, -0.2) is 19.0 Å². The fourth-order valence-corrected chi connectivity index (χ4v) is 3.49. The minimum absolute atomic E-state index is 0.00410. The molecule has 3 rings (SSSR count). The summed E-state index contributed by atoms with van der Waals surface area (Å²) >= 11 is 4.82. The van der Waals surface area contributed by atoms with Gasteiger partial charge in [-0.1, -0.05) is 6.92 Å². The molecule has 104 valence electrons. The predicted molar refractivity (Wildman–Crippen MR) is 82.0 cm³/mol. The standard InChI is InChI=1S/C15H13BrO3S/c1-9-7-18-12-3-2-10(6-13(12)19-8-9)14(17)15-11(16)4-5-20-15/h2-6,9H,7-8H2,1H3. The highest BCUT2D eigenvalue weighted by molar-refractivity contribution is 9.10. The highest BCUT2D eigenvalue weighted by atomic mass is 79.9. The number of ketones is 1. The van der Waals surface area contributed by atoms with E-state index in [0.717, 1.165) is 4.47 Å². The molecule has 1 aromatic carbocycles. The van der Waals surface area contributed by atoms with Gasteiger partial charge in [-0.2, -0.15) is 0 Å². The molecule has 1 aliphatic rings. The summed E-state index contributed by atoms with van der Waals surface area (Å²) < 4.78 is 12.2. The van der Waals surface area contributed by atoms with Gasteiger partial charge >= 0.3 is 0 Å². The first-order valence-corrected chi connectivity index (χ1v) is 8.00. The van der Waals surface area contributed by atoms with Crippen molar-refractivity contribution in [2.75, 3.05) is 13.2 Å². The van der Waals surface area contributed by atoms with Crippen molar-refractivity contribution in [2.24, 2.45) is 5.92 Å². The number of fused-ring (bicyclic) bond motifs is 1. The smallest absolute Gasteiger partial charge is 0.204 e. The van der Waals surface area contributed by atoms with Crippen molar-refractivity contribution < 1.29 is 14.3 Å². The third-order valence-electron chi connectivity index (χ3n) is 3.08. The average molecular weight is 353 g/mol. The number of rotatable bonds is 2. The van der Waals surface area contributed by atoms with E-state index in [0.29, 0.717) is 41.1 Å². The summed E-state index contributed by atoms with van der Waals surface area (Å²) in [6, 6.07) is 7.24. The normalized spacial score (nSPS) is 17.6. The van der Waals surface area contributed by atoms with Crippen molar-refractivity contribution in [2.45, 2.75) is 6.92 Å². The lowest BCUT2D eigenvalue weighted by Gasteiger charge is -2.08. The second-order valence-electron chi connectivity index (χ2n) is 4.82. The Morgan fingerprint density at radius 3 is 2.70 bits per heavy atom. The Morgan fingerprint density at radius 2 is 2.00 bits per heavy atom. The van der Waals surface area contributed by atoms with Crippen molar-refractivity contribution in [1.82, 2.24) is 0 Å². The lowest BCUT2D eigenvalue weighted by molar-refractivity contribution is 0.104. The van der Waals surface area contributed by atoms with Crippen LogP contribution in [0.5, 0.6) is 11.5 Å². The van der Waals surface area contributed by atoms with Crippen LogP contribution in [0.15, 0.2) is 34.1 Å². The van der Waals surface area contributed by atoms with Crippen molar-refractivity contribution in [1.29, 1.82) is 0 Å². The van der Waals surface area contributed by atoms with Crippen LogP contribution in [0.25, 0.3) is 0 Å². The minimum Gasteiger partial charge on any atom is -0.489 e. The molecule has 1 unspecified atom stereocenters. The molecule has 0 aliphatic carbocycles. The summed E-state index contributed by atoms with van der Waals surface area (Å²) in [5.74, 6) is 1.69. The van der Waals surface area contributed by atoms with Gasteiger partial charge in [-0.3, -0.25) is 4.79 Å². The molecule has 1 aliphatic heterocycles. The maximum Gasteiger partial charge on any atom is 0.204 e. The van der Waals surface area contributed by atoms with Crippen LogP contribution in [-0.2, 0) is 0 Å². The topological polar surface area (TPSA) is 35.5 Å². The van der Waals surface area contributed by atoms with Gasteiger partial charge in [-0.15, -0.1) is 11.3 Å². The third kappa shape index (κ3) is 2.60. The van der Waals surface area contributed by atoms with Gasteiger partial charge in [-0.05, 0) is 45.6 Å². The number of ether oxygens (including phenoxy) is 2. The van der Waals surface area contributed by atoms with E-state index in [2.05, 4.69) is 22.9 Å². The van der Waals surface area contributed by atoms with Crippen LogP contribution in [0.3, 0.4) is 0 Å². The maximum absolute atomic E-state index is 12.4. The molecule has 1 aromatic heterocycles. The number of halogens is 1. The molecular formula is C15H13BrO3S. The van der Waals surface area contributed by atoms with Gasteiger partial charge in [0, 0.05) is 16.0 Å². The van der Waals surface area contributed by atoms with Gasteiger partial charge in [-0.25, -0.2) is 0 Å². The second-order valence-corrected chi connectivity index (χ2v) is 6.59. The maximum atomic E-state index is 12.4. The van der Waals surface area contributed by atoms with Gasteiger partial charge in [0.25, 0.3) is 0 Å². The van der Waals surface area contributed by atoms with E-state index in [9.17, 15) is 4.79 Å². The van der Waals surface area contributed by atoms with Crippen LogP contribution in [0.1, 0.15) is 22.2 Å². The molecule has 0 amide bonds. The lowest BCUT2D eigenvalue weighted by Crippen LogP contribution is -2.12. The molecule has 5 heteroatoms. The third-order valence-corrected chi connectivity index (χ3v) is 4.91. The van der Waals surface area contributed by atoms with Crippen LogP contribution in [0, 0.1) is 5.92 Å². The molecule has 1 atom stereocenters. The summed E-state index contributed by atoms with van der Waals surface area (Å²) in [5.41, 5.74) is 0.616. The number of carbonyl (C=O) groups excluding carboxylic acids is 1. The van der Waals surface area contributed by atoms with Crippen molar-refractivity contribution in [3.8, 4) is 11.5 Å². The number of thiophene rings is 1. The fourth-order valence-electron chi connectivity index (χ4n) is 1.98. The first-order valence-electron chi connectivity index (χ1n) is 6.32. The van der Waals surface area contributed by atoms with Crippen LogP contribution in [0.2, 0.25) is 0 Å². The van der Waals surface area contributed by atoms with E-state index in [1.54, 1.807) is 12.1 Å². The average Bonchev–Trinajstić information content (AvgIpc) is 2.79. The van der Waals surface area contributed by atoms with Crippen LogP contribution in [0.4, 0.5) is 0 Å². The quantitative estimate of drug-likeness (QED) is 0.761. The van der Waals surface area contributed by atoms with Gasteiger partial charge in [0.05, 0.1) is 18.1 Å². The van der Waals surface area contributed by atoms with Crippen LogP contribution < -0.4 is 9.47 Å². The largest absolute Gasteiger partial charge is 0.489 e. The number of hydrogen-bond acceptors (Lipinski definition) is 4. The molecule has 20 heavy (non-hydrogen) atoms. The zero-order valence-corrected chi connectivity index (χ0v) is 13.3. The van der Waals surface area contributed by atoms with Crippen molar-refractivity contribution >= 4 is 33.0 Å². The fraction of sp³-hybridized carbons (Fsp3) is 0.267. The molecule has 0 N–H and O–H groups in total. The molecule has 0 saturated carbocycles. The second kappa shape index (κ2) is 5.58. The zero-order valence-electron chi connectivity index (χ0n) is 10.9. The monoisotopic (exact) mass is 352 g/mol. The number of carbonyl (C=O) groups is 1. The molecular weight excluding hydrogens is 340 g/mol. The Morgan fingerprint density at radius 1 is 1.25 bits per heavy atom. The Labute approximate surface area is 129 Å². The first-order chi connectivity index (χ1) is 9.65. The van der Waals surface area contributed by atoms with Crippen molar-refractivity contribution in [3.63, 3.8) is 0 Å². The summed E-state index contributed by atoms with van der Waals surface area (Å²) in [6.07, 6.45) is 0. The van der Waals surface area contributed by atoms with Gasteiger partial charge in [0.15, 0.2) is 11.5 Å². The van der Waals surface area contributed by atoms with Gasteiger partial charge in [0.2, 0.25) is 5.78 Å². The van der Waals surface area contributed by atoms with Gasteiger partial charge < -0.3 is 9.47 Å². The van der Waals surface area contributed by atoms with Crippen molar-refractivity contribution in [3.05, 3.63) is 44.6 Å². The highest BCUT2D eigenvalue weighted by Gasteiger charge is 2.19. The molecule has 2 heterocycles.